The largest absolute Gasteiger partial charge is 0.480 e. The Kier molecular flexibility index (Phi) is 12.2. The number of aliphatic carboxylic acids is 1. The molecular weight excluding hydrogens is 460 g/mol. The maximum Gasteiger partial charge on any atom is 0.326 e. The molecule has 0 fully saturated rings. The first-order chi connectivity index (χ1) is 16.5. The van der Waals surface area contributed by atoms with Crippen LogP contribution in [0.25, 0.3) is 0 Å². The summed E-state index contributed by atoms with van der Waals surface area (Å²) in [5, 5.41) is 16.3. The van der Waals surface area contributed by atoms with Gasteiger partial charge < -0.3 is 44.0 Å². The molecule has 14 nitrogen and oxygen atoms in total. The quantitative estimate of drug-likeness (QED) is 0.0690. The third kappa shape index (κ3) is 12.0. The van der Waals surface area contributed by atoms with Crippen LogP contribution in [0.15, 0.2) is 35.3 Å². The van der Waals surface area contributed by atoms with Gasteiger partial charge in [-0.15, -0.1) is 0 Å². The van der Waals surface area contributed by atoms with E-state index in [1.54, 1.807) is 30.3 Å². The van der Waals surface area contributed by atoms with E-state index < -0.39 is 60.7 Å². The molecule has 0 spiro atoms. The number of hydrogen-bond donors (Lipinski definition) is 8. The molecule has 1 rings (SSSR count). The molecule has 0 radical (unpaired) electrons. The van der Waals surface area contributed by atoms with Crippen LogP contribution in [0.4, 0.5) is 0 Å². The van der Waals surface area contributed by atoms with Gasteiger partial charge in [0.2, 0.25) is 23.6 Å². The highest BCUT2D eigenvalue weighted by molar-refractivity contribution is 5.95. The maximum absolute atomic E-state index is 12.6. The normalized spacial score (nSPS) is 12.9. The number of nitrogens with zero attached hydrogens (tertiary/aromatic N) is 1. The fourth-order valence-electron chi connectivity index (χ4n) is 2.93. The number of guanidine groups is 1. The Morgan fingerprint density at radius 3 is 2.17 bits per heavy atom. The topological polar surface area (TPSA) is 258 Å². The first kappa shape index (κ1) is 28.8. The maximum atomic E-state index is 12.6. The highest BCUT2D eigenvalue weighted by Gasteiger charge is 2.28. The van der Waals surface area contributed by atoms with Gasteiger partial charge in [-0.05, 0) is 18.4 Å². The number of carbonyl (C=O) groups is 5. The summed E-state index contributed by atoms with van der Waals surface area (Å²) in [5.41, 5.74) is 22.0. The lowest BCUT2D eigenvalue weighted by Crippen LogP contribution is -2.55. The van der Waals surface area contributed by atoms with Crippen molar-refractivity contribution in [3.05, 3.63) is 35.9 Å². The Hall–Kier alpha value is -4.20. The second kappa shape index (κ2) is 14.8. The van der Waals surface area contributed by atoms with Crippen LogP contribution in [0.3, 0.4) is 0 Å². The molecule has 0 aliphatic heterocycles. The first-order valence-corrected chi connectivity index (χ1v) is 10.7. The van der Waals surface area contributed by atoms with Crippen molar-refractivity contribution in [2.75, 3.05) is 13.1 Å². The number of hydrogen-bond acceptors (Lipinski definition) is 7. The van der Waals surface area contributed by atoms with Gasteiger partial charge in [-0.2, -0.15) is 0 Å². The van der Waals surface area contributed by atoms with Gasteiger partial charge in [-0.1, -0.05) is 30.3 Å². The van der Waals surface area contributed by atoms with Crippen LogP contribution in [0.1, 0.15) is 24.8 Å². The summed E-state index contributed by atoms with van der Waals surface area (Å²) < 4.78 is 0. The molecule has 0 aliphatic carbocycles. The molecule has 0 aliphatic rings. The second-order valence-corrected chi connectivity index (χ2v) is 7.65. The van der Waals surface area contributed by atoms with E-state index in [2.05, 4.69) is 20.9 Å². The van der Waals surface area contributed by atoms with Crippen LogP contribution >= 0.6 is 0 Å². The molecule has 35 heavy (non-hydrogen) atoms. The molecule has 0 saturated carbocycles. The van der Waals surface area contributed by atoms with Crippen molar-refractivity contribution in [1.29, 1.82) is 0 Å². The number of carboxylic acids is 1. The van der Waals surface area contributed by atoms with Gasteiger partial charge in [0, 0.05) is 13.0 Å². The van der Waals surface area contributed by atoms with Gasteiger partial charge in [-0.3, -0.25) is 24.2 Å². The van der Waals surface area contributed by atoms with Gasteiger partial charge in [0.1, 0.15) is 12.1 Å². The average Bonchev–Trinajstić information content (AvgIpc) is 2.79. The third-order valence-corrected chi connectivity index (χ3v) is 4.68. The fraction of sp³-hybridized carbons (Fsp3) is 0.429. The summed E-state index contributed by atoms with van der Waals surface area (Å²) in [7, 11) is 0. The number of carbonyl (C=O) groups excluding carboxylic acids is 4. The van der Waals surface area contributed by atoms with E-state index in [9.17, 15) is 29.1 Å². The molecule has 1 aromatic rings. The molecule has 192 valence electrons. The molecule has 3 atom stereocenters. The number of carboxylic acid groups (broad SMARTS) is 1. The monoisotopic (exact) mass is 492 g/mol. The standard InChI is InChI=1S/C21H32N8O6/c22-13(7-4-8-26-21(24)25)18(32)27-11-17(31)28-14(10-16(23)30)19(33)29-15(20(34)35)9-12-5-2-1-3-6-12/h1-3,5-6,13-15H,4,7-11,22H2,(H2,23,30)(H,27,32)(H,28,31)(H,29,33)(H,34,35)(H4,24,25,26). The zero-order valence-electron chi connectivity index (χ0n) is 19.1. The molecule has 0 heterocycles. The van der Waals surface area contributed by atoms with Gasteiger partial charge in [0.15, 0.2) is 5.96 Å². The molecule has 12 N–H and O–H groups in total. The Balaban J connectivity index is 2.65. The minimum atomic E-state index is -1.44. The smallest absolute Gasteiger partial charge is 0.326 e. The predicted octanol–water partition coefficient (Wildman–Crippen LogP) is -3.34. The van der Waals surface area contributed by atoms with Gasteiger partial charge in [0.25, 0.3) is 0 Å². The number of primary amides is 1. The molecule has 0 aromatic heterocycles. The van der Waals surface area contributed by atoms with Crippen LogP contribution in [0, 0.1) is 0 Å². The lowest BCUT2D eigenvalue weighted by atomic mass is 10.1. The average molecular weight is 493 g/mol. The minimum Gasteiger partial charge on any atom is -0.480 e. The Morgan fingerprint density at radius 2 is 1.60 bits per heavy atom. The van der Waals surface area contributed by atoms with Crippen molar-refractivity contribution in [2.45, 2.75) is 43.8 Å². The zero-order chi connectivity index (χ0) is 26.4. The lowest BCUT2D eigenvalue weighted by molar-refractivity contribution is -0.142. The molecule has 14 heteroatoms. The van der Waals surface area contributed by atoms with Crippen LogP contribution in [0.5, 0.6) is 0 Å². The summed E-state index contributed by atoms with van der Waals surface area (Å²) in [5.74, 6) is -4.61. The summed E-state index contributed by atoms with van der Waals surface area (Å²) in [4.78, 5) is 63.7. The highest BCUT2D eigenvalue weighted by Crippen LogP contribution is 2.05. The van der Waals surface area contributed by atoms with Crippen LogP contribution in [-0.4, -0.2) is 71.9 Å². The van der Waals surface area contributed by atoms with Crippen molar-refractivity contribution in [3.8, 4) is 0 Å². The van der Waals surface area contributed by atoms with Crippen molar-refractivity contribution in [3.63, 3.8) is 0 Å². The van der Waals surface area contributed by atoms with Crippen LogP contribution < -0.4 is 38.9 Å². The van der Waals surface area contributed by atoms with Crippen molar-refractivity contribution >= 4 is 35.6 Å². The van der Waals surface area contributed by atoms with Crippen molar-refractivity contribution in [1.82, 2.24) is 16.0 Å². The molecule has 4 amide bonds. The van der Waals surface area contributed by atoms with Gasteiger partial charge in [0.05, 0.1) is 19.0 Å². The third-order valence-electron chi connectivity index (χ3n) is 4.68. The second-order valence-electron chi connectivity index (χ2n) is 7.65. The molecule has 0 bridgehead atoms. The van der Waals surface area contributed by atoms with E-state index in [0.29, 0.717) is 12.0 Å². The van der Waals surface area contributed by atoms with Gasteiger partial charge >= 0.3 is 5.97 Å². The van der Waals surface area contributed by atoms with Crippen molar-refractivity contribution in [2.24, 2.45) is 27.9 Å². The zero-order valence-corrected chi connectivity index (χ0v) is 19.1. The van der Waals surface area contributed by atoms with Gasteiger partial charge in [-0.25, -0.2) is 4.79 Å². The van der Waals surface area contributed by atoms with Crippen molar-refractivity contribution < 1.29 is 29.1 Å². The van der Waals surface area contributed by atoms with E-state index in [-0.39, 0.29) is 25.3 Å². The van der Waals surface area contributed by atoms with E-state index in [4.69, 9.17) is 22.9 Å². The van der Waals surface area contributed by atoms with E-state index in [1.165, 1.54) is 0 Å². The van der Waals surface area contributed by atoms with E-state index in [1.807, 2.05) is 0 Å². The Morgan fingerprint density at radius 1 is 0.943 bits per heavy atom. The molecule has 3 unspecified atom stereocenters. The first-order valence-electron chi connectivity index (χ1n) is 10.7. The number of amides is 4. The fourth-order valence-corrected chi connectivity index (χ4v) is 2.93. The number of benzene rings is 1. The Labute approximate surface area is 201 Å². The summed E-state index contributed by atoms with van der Waals surface area (Å²) in [6.07, 6.45) is 0.103. The number of nitrogens with one attached hydrogen (secondary N) is 3. The Bertz CT molecular complexity index is 920. The highest BCUT2D eigenvalue weighted by atomic mass is 16.4. The SMILES string of the molecule is NC(=O)CC(NC(=O)CNC(=O)C(N)CCCN=C(N)N)C(=O)NC(Cc1ccccc1)C(=O)O. The summed E-state index contributed by atoms with van der Waals surface area (Å²) in [6.45, 7) is -0.245. The van der Waals surface area contributed by atoms with Crippen LogP contribution in [-0.2, 0) is 30.4 Å². The number of rotatable bonds is 15. The van der Waals surface area contributed by atoms with Crippen LogP contribution in [0.2, 0.25) is 0 Å². The molecule has 0 saturated heterocycles. The summed E-state index contributed by atoms with van der Waals surface area (Å²) in [6, 6.07) is 4.91. The predicted molar refractivity (Wildman–Crippen MR) is 126 cm³/mol. The summed E-state index contributed by atoms with van der Waals surface area (Å²) >= 11 is 0. The van der Waals surface area contributed by atoms with E-state index in [0.717, 1.165) is 0 Å². The number of nitrogens with two attached hydrogens (primary N) is 4. The molecular formula is C21H32N8O6. The van der Waals surface area contributed by atoms with E-state index >= 15 is 0 Å². The molecule has 1 aromatic carbocycles. The number of aliphatic imine (C=N–C) groups is 1. The lowest BCUT2D eigenvalue weighted by Gasteiger charge is -2.21. The minimum absolute atomic E-state index is 0.0176.